The van der Waals surface area contributed by atoms with E-state index in [4.69, 9.17) is 0 Å². The van der Waals surface area contributed by atoms with Crippen LogP contribution in [0, 0.1) is 11.3 Å². The number of hydrogen-bond donors (Lipinski definition) is 3. The van der Waals surface area contributed by atoms with E-state index in [2.05, 4.69) is 54.1 Å². The topological polar surface area (TPSA) is 87.3 Å². The third kappa shape index (κ3) is 6.21. The molecule has 1 saturated heterocycles. The summed E-state index contributed by atoms with van der Waals surface area (Å²) in [6.07, 6.45) is 5.22. The number of rotatable bonds is 6. The molecule has 2 aliphatic rings. The maximum absolute atomic E-state index is 12.3. The van der Waals surface area contributed by atoms with Gasteiger partial charge in [-0.1, -0.05) is 38.1 Å². The molecule has 3 N–H and O–H groups in total. The van der Waals surface area contributed by atoms with Crippen LogP contribution in [0.4, 0.5) is 11.4 Å². The Morgan fingerprint density at radius 2 is 1.45 bits per heavy atom. The van der Waals surface area contributed by atoms with Gasteiger partial charge in [0, 0.05) is 30.8 Å². The van der Waals surface area contributed by atoms with E-state index in [1.807, 2.05) is 24.3 Å². The van der Waals surface area contributed by atoms with E-state index in [0.717, 1.165) is 16.9 Å². The highest BCUT2D eigenvalue weighted by Crippen LogP contribution is 2.42. The Hall–Kier alpha value is -3.15. The van der Waals surface area contributed by atoms with Crippen molar-refractivity contribution in [3.63, 3.8) is 0 Å². The Balaban J connectivity index is 1.27. The Morgan fingerprint density at radius 3 is 2.03 bits per heavy atom. The highest BCUT2D eigenvalue weighted by atomic mass is 16.2. The molecule has 2 aromatic rings. The molecule has 1 aliphatic heterocycles. The van der Waals surface area contributed by atoms with Crippen LogP contribution in [0.5, 0.6) is 0 Å². The molecule has 3 amide bonds. The van der Waals surface area contributed by atoms with Crippen molar-refractivity contribution < 1.29 is 14.4 Å². The summed E-state index contributed by atoms with van der Waals surface area (Å²) in [5.74, 6) is -0.963. The minimum atomic E-state index is -0.588. The van der Waals surface area contributed by atoms with Gasteiger partial charge < -0.3 is 10.6 Å². The fourth-order valence-electron chi connectivity index (χ4n) is 4.74. The number of carbonyl (C=O) groups is 3. The first kappa shape index (κ1) is 23.0. The second-order valence-electron chi connectivity index (χ2n) is 10.2. The zero-order chi connectivity index (χ0) is 23.4. The third-order valence-electron chi connectivity index (χ3n) is 6.94. The summed E-state index contributed by atoms with van der Waals surface area (Å²) < 4.78 is 0. The van der Waals surface area contributed by atoms with Crippen molar-refractivity contribution in [1.29, 1.82) is 0 Å². The van der Waals surface area contributed by atoms with Gasteiger partial charge in [-0.2, -0.15) is 0 Å². The number of amides is 3. The van der Waals surface area contributed by atoms with Crippen molar-refractivity contribution in [3.05, 3.63) is 59.7 Å². The van der Waals surface area contributed by atoms with Crippen molar-refractivity contribution in [1.82, 2.24) is 10.6 Å². The highest BCUT2D eigenvalue weighted by molar-refractivity contribution is 6.02. The monoisotopic (exact) mass is 447 g/mol. The number of nitrogens with one attached hydrogen (secondary N) is 3. The highest BCUT2D eigenvalue weighted by Gasteiger charge is 2.30. The molecular weight excluding hydrogens is 414 g/mol. The van der Waals surface area contributed by atoms with E-state index in [0.29, 0.717) is 17.9 Å². The molecule has 1 aliphatic carbocycles. The van der Waals surface area contributed by atoms with Crippen LogP contribution in [-0.2, 0) is 20.9 Å². The second kappa shape index (κ2) is 9.77. The fraction of sp³-hybridized carbons (Fsp3) is 0.444. The van der Waals surface area contributed by atoms with Gasteiger partial charge in [-0.05, 0) is 72.4 Å². The first-order valence-electron chi connectivity index (χ1n) is 11.8. The van der Waals surface area contributed by atoms with Crippen molar-refractivity contribution in [2.75, 3.05) is 5.32 Å². The number of benzene rings is 2. The zero-order valence-electron chi connectivity index (χ0n) is 19.4. The van der Waals surface area contributed by atoms with E-state index in [1.165, 1.54) is 31.2 Å². The molecule has 0 spiro atoms. The van der Waals surface area contributed by atoms with Crippen LogP contribution in [0.25, 0.3) is 0 Å². The first-order chi connectivity index (χ1) is 15.8. The number of anilines is 2. The van der Waals surface area contributed by atoms with Crippen molar-refractivity contribution in [3.8, 4) is 0 Å². The molecule has 2 fully saturated rings. The van der Waals surface area contributed by atoms with Gasteiger partial charge >= 0.3 is 0 Å². The summed E-state index contributed by atoms with van der Waals surface area (Å²) in [6.45, 7) is 5.10. The maximum Gasteiger partial charge on any atom is 0.227 e. The molecule has 0 aromatic heterocycles. The van der Waals surface area contributed by atoms with Crippen LogP contribution in [-0.4, -0.2) is 17.7 Å². The molecule has 0 bridgehead atoms. The van der Waals surface area contributed by atoms with Crippen LogP contribution in [0.3, 0.4) is 0 Å². The summed E-state index contributed by atoms with van der Waals surface area (Å²) in [4.78, 5) is 35.2. The van der Waals surface area contributed by atoms with Crippen molar-refractivity contribution in [2.24, 2.45) is 11.3 Å². The van der Waals surface area contributed by atoms with Crippen LogP contribution in [0.1, 0.15) is 69.4 Å². The Bertz CT molecular complexity index is 986. The molecule has 33 heavy (non-hydrogen) atoms. The van der Waals surface area contributed by atoms with Gasteiger partial charge in [0.05, 0.1) is 5.92 Å². The lowest BCUT2D eigenvalue weighted by molar-refractivity contribution is -0.140. The number of carbonyl (C=O) groups excluding carboxylic acids is 3. The standard InChI is InChI=1S/C27H33N3O3/c1-27(2)13-11-20(12-14-27)19-5-9-23(10-6-19)29-22-7-3-18(4-8-22)17-28-26(33)21-15-24(31)30-25(32)16-21/h3-10,20-21,29H,11-17H2,1-2H3,(H,28,33)(H,30,31,32). The average Bonchev–Trinajstić information content (AvgIpc) is 2.78. The molecule has 174 valence electrons. The molecule has 0 atom stereocenters. The van der Waals surface area contributed by atoms with Crippen molar-refractivity contribution in [2.45, 2.75) is 64.8 Å². The van der Waals surface area contributed by atoms with Gasteiger partial charge in [-0.15, -0.1) is 0 Å². The lowest BCUT2D eigenvalue weighted by Gasteiger charge is -2.34. The number of piperidine rings is 1. The predicted octanol–water partition coefficient (Wildman–Crippen LogP) is 4.78. The van der Waals surface area contributed by atoms with Crippen molar-refractivity contribution >= 4 is 29.1 Å². The average molecular weight is 448 g/mol. The van der Waals surface area contributed by atoms with Gasteiger partial charge in [0.1, 0.15) is 0 Å². The molecule has 4 rings (SSSR count). The molecule has 0 radical (unpaired) electrons. The molecule has 0 unspecified atom stereocenters. The summed E-state index contributed by atoms with van der Waals surface area (Å²) in [5, 5.41) is 8.48. The third-order valence-corrected chi connectivity index (χ3v) is 6.94. The largest absolute Gasteiger partial charge is 0.356 e. The number of hydrogen-bond acceptors (Lipinski definition) is 4. The van der Waals surface area contributed by atoms with E-state index < -0.39 is 17.7 Å². The predicted molar refractivity (Wildman–Crippen MR) is 129 cm³/mol. The Morgan fingerprint density at radius 1 is 0.909 bits per heavy atom. The molecule has 6 nitrogen and oxygen atoms in total. The van der Waals surface area contributed by atoms with Crippen LogP contribution in [0.15, 0.2) is 48.5 Å². The lowest BCUT2D eigenvalue weighted by atomic mass is 9.71. The maximum atomic E-state index is 12.3. The van der Waals surface area contributed by atoms with Gasteiger partial charge in [-0.3, -0.25) is 19.7 Å². The quantitative estimate of drug-likeness (QED) is 0.556. The Kier molecular flexibility index (Phi) is 6.82. The van der Waals surface area contributed by atoms with E-state index in [-0.39, 0.29) is 18.7 Å². The summed E-state index contributed by atoms with van der Waals surface area (Å²) in [6, 6.07) is 16.7. The number of imide groups is 1. The lowest BCUT2D eigenvalue weighted by Crippen LogP contribution is -2.44. The molecule has 6 heteroatoms. The molecule has 2 aromatic carbocycles. The summed E-state index contributed by atoms with van der Waals surface area (Å²) >= 11 is 0. The minimum absolute atomic E-state index is 0.0535. The fourth-order valence-corrected chi connectivity index (χ4v) is 4.74. The second-order valence-corrected chi connectivity index (χ2v) is 10.2. The SMILES string of the molecule is CC1(C)CCC(c2ccc(Nc3ccc(CNC(=O)C4CC(=O)NC(=O)C4)cc3)cc2)CC1. The minimum Gasteiger partial charge on any atom is -0.356 e. The van der Waals surface area contributed by atoms with Crippen LogP contribution < -0.4 is 16.0 Å². The molecule has 1 saturated carbocycles. The zero-order valence-corrected chi connectivity index (χ0v) is 19.4. The molecular formula is C27H33N3O3. The Labute approximate surface area is 195 Å². The van der Waals surface area contributed by atoms with Crippen LogP contribution >= 0.6 is 0 Å². The van der Waals surface area contributed by atoms with E-state index in [1.54, 1.807) is 0 Å². The van der Waals surface area contributed by atoms with E-state index in [9.17, 15) is 14.4 Å². The van der Waals surface area contributed by atoms with Gasteiger partial charge in [0.2, 0.25) is 17.7 Å². The summed E-state index contributed by atoms with van der Waals surface area (Å²) in [7, 11) is 0. The van der Waals surface area contributed by atoms with Gasteiger partial charge in [0.15, 0.2) is 0 Å². The molecule has 1 heterocycles. The normalized spacial score (nSPS) is 19.1. The smallest absolute Gasteiger partial charge is 0.227 e. The van der Waals surface area contributed by atoms with Gasteiger partial charge in [-0.25, -0.2) is 0 Å². The van der Waals surface area contributed by atoms with E-state index >= 15 is 0 Å². The van der Waals surface area contributed by atoms with Gasteiger partial charge in [0.25, 0.3) is 0 Å². The first-order valence-corrected chi connectivity index (χ1v) is 11.8. The van der Waals surface area contributed by atoms with Crippen LogP contribution in [0.2, 0.25) is 0 Å². The summed E-state index contributed by atoms with van der Waals surface area (Å²) in [5.41, 5.74) is 4.90.